The lowest BCUT2D eigenvalue weighted by atomic mass is 9.98. The lowest BCUT2D eigenvalue weighted by Crippen LogP contribution is -2.40. The Morgan fingerprint density at radius 2 is 1.97 bits per heavy atom. The van der Waals surface area contributed by atoms with Crippen LogP contribution in [0.15, 0.2) is 24.3 Å². The molecule has 1 aromatic heterocycles. The third kappa shape index (κ3) is 4.92. The van der Waals surface area contributed by atoms with Crippen molar-refractivity contribution in [3.8, 4) is 0 Å². The van der Waals surface area contributed by atoms with Gasteiger partial charge in [0.15, 0.2) is 0 Å². The van der Waals surface area contributed by atoms with Crippen molar-refractivity contribution in [1.29, 1.82) is 0 Å². The molecule has 166 valence electrons. The summed E-state index contributed by atoms with van der Waals surface area (Å²) in [6, 6.07) is 8.27. The number of hydrogen-bond acceptors (Lipinski definition) is 4. The molecule has 2 aromatic rings. The fourth-order valence-corrected chi connectivity index (χ4v) is 6.00. The monoisotopic (exact) mass is 441 g/mol. The minimum absolute atomic E-state index is 0.0779. The minimum Gasteiger partial charge on any atom is -0.350 e. The Labute approximate surface area is 187 Å². The number of carbonyl (C=O) groups is 3. The molecule has 7 heteroatoms. The third-order valence-corrected chi connectivity index (χ3v) is 7.68. The largest absolute Gasteiger partial charge is 0.350 e. The van der Waals surface area contributed by atoms with Gasteiger partial charge in [0.1, 0.15) is 0 Å². The van der Waals surface area contributed by atoms with Gasteiger partial charge in [-0.1, -0.05) is 31.0 Å². The van der Waals surface area contributed by atoms with Crippen LogP contribution in [0.3, 0.4) is 0 Å². The Balaban J connectivity index is 1.54. The summed E-state index contributed by atoms with van der Waals surface area (Å²) < 4.78 is 1.10. The van der Waals surface area contributed by atoms with E-state index in [4.69, 9.17) is 0 Å². The number of benzene rings is 1. The van der Waals surface area contributed by atoms with Crippen molar-refractivity contribution in [3.63, 3.8) is 0 Å². The van der Waals surface area contributed by atoms with E-state index in [0.717, 1.165) is 65.7 Å². The number of thiophene rings is 1. The Bertz CT molecular complexity index is 970. The second-order valence-corrected chi connectivity index (χ2v) is 9.62. The van der Waals surface area contributed by atoms with E-state index in [1.165, 1.54) is 11.3 Å². The molecule has 1 N–H and O–H groups in total. The van der Waals surface area contributed by atoms with Gasteiger partial charge < -0.3 is 15.1 Å². The number of amides is 3. The lowest BCUT2D eigenvalue weighted by Gasteiger charge is -2.29. The summed E-state index contributed by atoms with van der Waals surface area (Å²) in [5.41, 5.74) is 1.05. The maximum absolute atomic E-state index is 13.1. The van der Waals surface area contributed by atoms with Crippen LogP contribution in [0.25, 0.3) is 10.1 Å². The van der Waals surface area contributed by atoms with Gasteiger partial charge in [-0.15, -0.1) is 11.3 Å². The van der Waals surface area contributed by atoms with Crippen LogP contribution in [0.1, 0.15) is 60.7 Å². The first-order chi connectivity index (χ1) is 15.0. The van der Waals surface area contributed by atoms with Crippen LogP contribution in [0.5, 0.6) is 0 Å². The molecular formula is C24H31N3O3S. The number of nitrogens with one attached hydrogen (secondary N) is 1. The molecule has 4 rings (SSSR count). The second kappa shape index (κ2) is 9.81. The van der Waals surface area contributed by atoms with Gasteiger partial charge in [-0.25, -0.2) is 0 Å². The first-order valence-electron chi connectivity index (χ1n) is 11.4. The summed E-state index contributed by atoms with van der Waals surface area (Å²) in [6.07, 6.45) is 6.50. The first-order valence-corrected chi connectivity index (χ1v) is 12.2. The van der Waals surface area contributed by atoms with Crippen molar-refractivity contribution in [2.24, 2.45) is 0 Å². The van der Waals surface area contributed by atoms with E-state index in [-0.39, 0.29) is 23.8 Å². The van der Waals surface area contributed by atoms with Crippen molar-refractivity contribution < 1.29 is 14.4 Å². The number of carbonyl (C=O) groups excluding carboxylic acids is 3. The Hall–Kier alpha value is -2.41. The number of nitrogens with zero attached hydrogens (tertiary/aromatic N) is 2. The summed E-state index contributed by atoms with van der Waals surface area (Å²) in [6.45, 7) is 4.25. The van der Waals surface area contributed by atoms with E-state index < -0.39 is 0 Å². The molecule has 0 radical (unpaired) electrons. The molecule has 1 aromatic carbocycles. The van der Waals surface area contributed by atoms with Crippen molar-refractivity contribution in [1.82, 2.24) is 15.1 Å². The highest BCUT2D eigenvalue weighted by atomic mass is 32.1. The molecule has 0 saturated carbocycles. The van der Waals surface area contributed by atoms with E-state index in [1.807, 2.05) is 21.9 Å². The summed E-state index contributed by atoms with van der Waals surface area (Å²) in [7, 11) is 0. The average molecular weight is 442 g/mol. The van der Waals surface area contributed by atoms with Crippen LogP contribution in [0.4, 0.5) is 0 Å². The molecule has 31 heavy (non-hydrogen) atoms. The van der Waals surface area contributed by atoms with Gasteiger partial charge in [-0.05, 0) is 42.7 Å². The SMILES string of the molecule is CC(=O)N1CCCCC[C@H]1Cc1c(C(=O)NCCN2CCCC2=O)sc2ccccc12. The summed E-state index contributed by atoms with van der Waals surface area (Å²) in [5.74, 6) is 0.216. The number of fused-ring (bicyclic) bond motifs is 1. The highest BCUT2D eigenvalue weighted by Crippen LogP contribution is 2.34. The zero-order valence-electron chi connectivity index (χ0n) is 18.2. The molecule has 3 amide bonds. The Morgan fingerprint density at radius 1 is 1.13 bits per heavy atom. The van der Waals surface area contributed by atoms with Crippen LogP contribution >= 0.6 is 11.3 Å². The van der Waals surface area contributed by atoms with Crippen molar-refractivity contribution in [2.45, 2.75) is 57.9 Å². The lowest BCUT2D eigenvalue weighted by molar-refractivity contribution is -0.131. The quantitative estimate of drug-likeness (QED) is 0.745. The predicted molar refractivity (Wildman–Crippen MR) is 123 cm³/mol. The standard InChI is InChI=1S/C24H31N3O3S/c1-17(28)27-14-6-2-3-8-18(27)16-20-19-9-4-5-10-21(19)31-23(20)24(30)25-12-15-26-13-7-11-22(26)29/h4-5,9-10,18H,2-3,6-8,11-16H2,1H3,(H,25,30)/t18-/m0/s1. The molecule has 0 spiro atoms. The highest BCUT2D eigenvalue weighted by molar-refractivity contribution is 7.21. The normalized spacial score (nSPS) is 19.6. The topological polar surface area (TPSA) is 69.7 Å². The van der Waals surface area contributed by atoms with Crippen LogP contribution in [-0.4, -0.2) is 59.7 Å². The minimum atomic E-state index is -0.0779. The zero-order chi connectivity index (χ0) is 21.8. The maximum Gasteiger partial charge on any atom is 0.261 e. The fraction of sp³-hybridized carbons (Fsp3) is 0.542. The zero-order valence-corrected chi connectivity index (χ0v) is 19.0. The molecule has 2 saturated heterocycles. The van der Waals surface area contributed by atoms with Gasteiger partial charge in [0.2, 0.25) is 11.8 Å². The van der Waals surface area contributed by atoms with Crippen molar-refractivity contribution in [3.05, 3.63) is 34.7 Å². The molecule has 3 heterocycles. The second-order valence-electron chi connectivity index (χ2n) is 8.57. The summed E-state index contributed by atoms with van der Waals surface area (Å²) in [4.78, 5) is 41.8. The van der Waals surface area contributed by atoms with Gasteiger partial charge in [0.05, 0.1) is 4.88 Å². The molecule has 2 fully saturated rings. The van der Waals surface area contributed by atoms with Crippen LogP contribution < -0.4 is 5.32 Å². The molecule has 0 bridgehead atoms. The van der Waals surface area contributed by atoms with Gasteiger partial charge in [-0.2, -0.15) is 0 Å². The molecule has 0 unspecified atom stereocenters. The average Bonchev–Trinajstić information content (AvgIpc) is 3.23. The fourth-order valence-electron chi connectivity index (χ4n) is 4.85. The van der Waals surface area contributed by atoms with E-state index in [9.17, 15) is 14.4 Å². The number of likely N-dealkylation sites (tertiary alicyclic amines) is 2. The van der Waals surface area contributed by atoms with Gasteiger partial charge in [0, 0.05) is 50.3 Å². The number of rotatable bonds is 6. The van der Waals surface area contributed by atoms with Gasteiger partial charge in [-0.3, -0.25) is 14.4 Å². The van der Waals surface area contributed by atoms with E-state index >= 15 is 0 Å². The Morgan fingerprint density at radius 3 is 2.74 bits per heavy atom. The highest BCUT2D eigenvalue weighted by Gasteiger charge is 2.27. The Kier molecular flexibility index (Phi) is 6.90. The smallest absolute Gasteiger partial charge is 0.261 e. The molecule has 2 aliphatic rings. The van der Waals surface area contributed by atoms with Crippen LogP contribution in [0, 0.1) is 0 Å². The predicted octanol–water partition coefficient (Wildman–Crippen LogP) is 3.59. The molecular weight excluding hydrogens is 410 g/mol. The molecule has 2 aliphatic heterocycles. The molecule has 0 aliphatic carbocycles. The third-order valence-electron chi connectivity index (χ3n) is 6.46. The molecule has 1 atom stereocenters. The van der Waals surface area contributed by atoms with Gasteiger partial charge >= 0.3 is 0 Å². The molecule has 6 nitrogen and oxygen atoms in total. The van der Waals surface area contributed by atoms with Crippen molar-refractivity contribution in [2.75, 3.05) is 26.2 Å². The van der Waals surface area contributed by atoms with E-state index in [1.54, 1.807) is 6.92 Å². The van der Waals surface area contributed by atoms with E-state index in [2.05, 4.69) is 17.4 Å². The van der Waals surface area contributed by atoms with Crippen LogP contribution in [-0.2, 0) is 16.0 Å². The van der Waals surface area contributed by atoms with Crippen LogP contribution in [0.2, 0.25) is 0 Å². The van der Waals surface area contributed by atoms with Crippen molar-refractivity contribution >= 4 is 39.1 Å². The van der Waals surface area contributed by atoms with E-state index in [0.29, 0.717) is 25.9 Å². The summed E-state index contributed by atoms with van der Waals surface area (Å²) >= 11 is 1.52. The summed E-state index contributed by atoms with van der Waals surface area (Å²) in [5, 5.41) is 4.14. The van der Waals surface area contributed by atoms with Gasteiger partial charge in [0.25, 0.3) is 5.91 Å². The maximum atomic E-state index is 13.1. The first kappa shape index (κ1) is 21.8. The number of hydrogen-bond donors (Lipinski definition) is 1.